The average Bonchev–Trinajstić information content (AvgIpc) is 3.10. The van der Waals surface area contributed by atoms with Gasteiger partial charge < -0.3 is 9.67 Å². The molecule has 1 saturated carbocycles. The number of carbonyl (C=O) groups is 1. The summed E-state index contributed by atoms with van der Waals surface area (Å²) in [6.45, 7) is 9.74. The Morgan fingerprint density at radius 1 is 1.45 bits per heavy atom. The molecule has 1 heterocycles. The van der Waals surface area contributed by atoms with Crippen molar-refractivity contribution in [2.24, 2.45) is 11.3 Å². The first-order valence-electron chi connectivity index (χ1n) is 7.09. The van der Waals surface area contributed by atoms with Crippen LogP contribution in [0.15, 0.2) is 5.16 Å². The molecule has 0 atom stereocenters. The molecule has 0 unspecified atom stereocenters. The zero-order valence-electron chi connectivity index (χ0n) is 12.6. The fraction of sp³-hybridized carbons (Fsp3) is 0.786. The van der Waals surface area contributed by atoms with Crippen LogP contribution in [0.3, 0.4) is 0 Å². The standard InChI is InChI=1S/C14H23N3O2S/c1-9(2)14(3,4)8-17-12(10-5-6-10)15-16-13(17)20-7-11(18)19/h9-10H,5-8H2,1-4H3,(H,18,19). The molecular weight excluding hydrogens is 274 g/mol. The maximum atomic E-state index is 10.8. The maximum Gasteiger partial charge on any atom is 0.313 e. The summed E-state index contributed by atoms with van der Waals surface area (Å²) >= 11 is 1.26. The van der Waals surface area contributed by atoms with E-state index in [1.807, 2.05) is 0 Å². The van der Waals surface area contributed by atoms with Crippen LogP contribution in [0.25, 0.3) is 0 Å². The van der Waals surface area contributed by atoms with Crippen molar-refractivity contribution in [1.82, 2.24) is 14.8 Å². The largest absolute Gasteiger partial charge is 0.481 e. The second kappa shape index (κ2) is 5.76. The van der Waals surface area contributed by atoms with Crippen LogP contribution >= 0.6 is 11.8 Å². The number of hydrogen-bond donors (Lipinski definition) is 1. The van der Waals surface area contributed by atoms with E-state index in [4.69, 9.17) is 5.11 Å². The molecule has 1 aromatic rings. The third-order valence-corrected chi connectivity index (χ3v) is 5.09. The molecule has 0 saturated heterocycles. The van der Waals surface area contributed by atoms with Gasteiger partial charge in [-0.3, -0.25) is 4.79 Å². The van der Waals surface area contributed by atoms with E-state index in [0.29, 0.717) is 11.8 Å². The van der Waals surface area contributed by atoms with Crippen molar-refractivity contribution < 1.29 is 9.90 Å². The highest BCUT2D eigenvalue weighted by molar-refractivity contribution is 7.99. The zero-order valence-corrected chi connectivity index (χ0v) is 13.4. The second-order valence-electron chi connectivity index (χ2n) is 6.53. The van der Waals surface area contributed by atoms with E-state index in [9.17, 15) is 4.79 Å². The molecule has 6 heteroatoms. The first-order valence-corrected chi connectivity index (χ1v) is 8.07. The van der Waals surface area contributed by atoms with Gasteiger partial charge in [-0.2, -0.15) is 0 Å². The number of nitrogens with zero attached hydrogens (tertiary/aromatic N) is 3. The third-order valence-electron chi connectivity index (χ3n) is 4.14. The highest BCUT2D eigenvalue weighted by atomic mass is 32.2. The Bertz CT molecular complexity index is 493. The topological polar surface area (TPSA) is 68.0 Å². The number of carboxylic acids is 1. The van der Waals surface area contributed by atoms with E-state index < -0.39 is 5.97 Å². The maximum absolute atomic E-state index is 10.8. The molecule has 0 amide bonds. The van der Waals surface area contributed by atoms with Gasteiger partial charge in [-0.15, -0.1) is 10.2 Å². The molecule has 1 aliphatic rings. The summed E-state index contributed by atoms with van der Waals surface area (Å²) < 4.78 is 2.14. The van der Waals surface area contributed by atoms with Crippen molar-refractivity contribution in [3.8, 4) is 0 Å². The van der Waals surface area contributed by atoms with Crippen LogP contribution < -0.4 is 0 Å². The fourth-order valence-corrected chi connectivity index (χ4v) is 2.58. The van der Waals surface area contributed by atoms with Crippen molar-refractivity contribution in [1.29, 1.82) is 0 Å². The summed E-state index contributed by atoms with van der Waals surface area (Å²) in [5.41, 5.74) is 0.130. The van der Waals surface area contributed by atoms with E-state index in [2.05, 4.69) is 42.5 Å². The molecule has 1 aromatic heterocycles. The van der Waals surface area contributed by atoms with Crippen molar-refractivity contribution in [2.45, 2.75) is 58.2 Å². The highest BCUT2D eigenvalue weighted by Crippen LogP contribution is 2.41. The summed E-state index contributed by atoms with van der Waals surface area (Å²) in [5.74, 6) is 1.30. The molecule has 0 aliphatic heterocycles. The van der Waals surface area contributed by atoms with Gasteiger partial charge in [0.15, 0.2) is 5.16 Å². The van der Waals surface area contributed by atoms with Gasteiger partial charge in [0, 0.05) is 12.5 Å². The first-order chi connectivity index (χ1) is 9.31. The molecule has 112 valence electrons. The smallest absolute Gasteiger partial charge is 0.313 e. The molecule has 5 nitrogen and oxygen atoms in total. The Kier molecular flexibility index (Phi) is 4.42. The van der Waals surface area contributed by atoms with Crippen molar-refractivity contribution in [3.05, 3.63) is 5.82 Å². The van der Waals surface area contributed by atoms with E-state index in [-0.39, 0.29) is 11.2 Å². The Morgan fingerprint density at radius 2 is 2.10 bits per heavy atom. The number of rotatable bonds is 7. The number of aliphatic carboxylic acids is 1. The van der Waals surface area contributed by atoms with E-state index in [1.165, 1.54) is 24.6 Å². The van der Waals surface area contributed by atoms with Crippen LogP contribution in [-0.2, 0) is 11.3 Å². The molecule has 0 radical (unpaired) electrons. The predicted molar refractivity (Wildman–Crippen MR) is 79.0 cm³/mol. The normalized spacial score (nSPS) is 15.8. The minimum atomic E-state index is -0.819. The first kappa shape index (κ1) is 15.4. The molecule has 1 fully saturated rings. The molecular formula is C14H23N3O2S. The number of thioether (sulfide) groups is 1. The predicted octanol–water partition coefficient (Wildman–Crippen LogP) is 3.01. The van der Waals surface area contributed by atoms with Gasteiger partial charge >= 0.3 is 5.97 Å². The molecule has 0 spiro atoms. The van der Waals surface area contributed by atoms with E-state index >= 15 is 0 Å². The minimum absolute atomic E-state index is 0.0326. The van der Waals surface area contributed by atoms with Gasteiger partial charge in [0.2, 0.25) is 0 Å². The van der Waals surface area contributed by atoms with Gasteiger partial charge in [-0.05, 0) is 24.2 Å². The highest BCUT2D eigenvalue weighted by Gasteiger charge is 2.33. The van der Waals surface area contributed by atoms with Gasteiger partial charge in [0.25, 0.3) is 0 Å². The van der Waals surface area contributed by atoms with Crippen molar-refractivity contribution in [2.75, 3.05) is 5.75 Å². The quantitative estimate of drug-likeness (QED) is 0.784. The summed E-state index contributed by atoms with van der Waals surface area (Å²) in [4.78, 5) is 10.8. The summed E-state index contributed by atoms with van der Waals surface area (Å²) in [6, 6.07) is 0. The van der Waals surface area contributed by atoms with Crippen LogP contribution in [0.5, 0.6) is 0 Å². The summed E-state index contributed by atoms with van der Waals surface area (Å²) in [7, 11) is 0. The van der Waals surface area contributed by atoms with E-state index in [1.54, 1.807) is 0 Å². The summed E-state index contributed by atoms with van der Waals surface area (Å²) in [5, 5.41) is 18.1. The Balaban J connectivity index is 2.22. The molecule has 0 bridgehead atoms. The zero-order chi connectivity index (χ0) is 14.9. The van der Waals surface area contributed by atoms with Crippen LogP contribution in [-0.4, -0.2) is 31.6 Å². The van der Waals surface area contributed by atoms with Crippen LogP contribution in [0.2, 0.25) is 0 Å². The summed E-state index contributed by atoms with van der Waals surface area (Å²) in [6.07, 6.45) is 2.34. The fourth-order valence-electron chi connectivity index (χ4n) is 1.92. The van der Waals surface area contributed by atoms with E-state index in [0.717, 1.165) is 17.5 Å². The van der Waals surface area contributed by atoms with Gasteiger partial charge in [0.1, 0.15) is 5.82 Å². The Labute approximate surface area is 124 Å². The van der Waals surface area contributed by atoms with Gasteiger partial charge in [-0.1, -0.05) is 39.5 Å². The molecule has 0 aromatic carbocycles. The van der Waals surface area contributed by atoms with Crippen molar-refractivity contribution >= 4 is 17.7 Å². The number of hydrogen-bond acceptors (Lipinski definition) is 4. The average molecular weight is 297 g/mol. The molecule has 1 N–H and O–H groups in total. The monoisotopic (exact) mass is 297 g/mol. The van der Waals surface area contributed by atoms with Crippen LogP contribution in [0.4, 0.5) is 0 Å². The van der Waals surface area contributed by atoms with Crippen LogP contribution in [0, 0.1) is 11.3 Å². The Hall–Kier alpha value is -1.04. The SMILES string of the molecule is CC(C)C(C)(C)Cn1c(SCC(=O)O)nnc1C1CC1. The lowest BCUT2D eigenvalue weighted by molar-refractivity contribution is -0.133. The molecule has 1 aliphatic carbocycles. The number of aromatic nitrogens is 3. The number of carboxylic acid groups (broad SMARTS) is 1. The molecule has 20 heavy (non-hydrogen) atoms. The lowest BCUT2D eigenvalue weighted by atomic mass is 9.81. The van der Waals surface area contributed by atoms with Crippen molar-refractivity contribution in [3.63, 3.8) is 0 Å². The van der Waals surface area contributed by atoms with Crippen LogP contribution in [0.1, 0.15) is 52.3 Å². The minimum Gasteiger partial charge on any atom is -0.481 e. The lowest BCUT2D eigenvalue weighted by Crippen LogP contribution is -2.27. The lowest BCUT2D eigenvalue weighted by Gasteiger charge is -2.30. The molecule has 2 rings (SSSR count). The third kappa shape index (κ3) is 3.53. The van der Waals surface area contributed by atoms with Gasteiger partial charge in [0.05, 0.1) is 5.75 Å². The van der Waals surface area contributed by atoms with Gasteiger partial charge in [-0.25, -0.2) is 0 Å². The Morgan fingerprint density at radius 3 is 2.60 bits per heavy atom. The second-order valence-corrected chi connectivity index (χ2v) is 7.47.